The average Bonchev–Trinajstić information content (AvgIpc) is 2.73. The first-order valence-corrected chi connectivity index (χ1v) is 9.11. The highest BCUT2D eigenvalue weighted by atomic mass is 16.7. The molecule has 26 heavy (non-hydrogen) atoms. The van der Waals surface area contributed by atoms with Crippen molar-refractivity contribution in [3.8, 4) is 11.8 Å². The number of nitriles is 1. The Morgan fingerprint density at radius 3 is 2.12 bits per heavy atom. The number of likely N-dealkylation sites (tertiary alicyclic amines) is 1. The molecule has 0 aromatic heterocycles. The lowest BCUT2D eigenvalue weighted by atomic mass is 9.79. The fourth-order valence-corrected chi connectivity index (χ4v) is 3.35. The molecule has 0 saturated carbocycles. The quantitative estimate of drug-likeness (QED) is 0.759. The zero-order chi connectivity index (χ0) is 18.6. The van der Waals surface area contributed by atoms with E-state index in [1.807, 2.05) is 52.0 Å². The van der Waals surface area contributed by atoms with E-state index >= 15 is 0 Å². The molecule has 0 atom stereocenters. The molecule has 3 saturated heterocycles. The molecule has 0 N–H and O–H groups in total. The molecule has 138 valence electrons. The summed E-state index contributed by atoms with van der Waals surface area (Å²) in [5.41, 5.74) is -0.129. The van der Waals surface area contributed by atoms with Crippen molar-refractivity contribution in [1.29, 1.82) is 5.26 Å². The molecule has 1 aromatic carbocycles. The van der Waals surface area contributed by atoms with Crippen molar-refractivity contribution in [2.45, 2.75) is 50.5 Å². The number of hydrogen-bond acceptors (Lipinski definition) is 6. The normalized spacial score (nSPS) is 26.7. The number of hydrogen-bond donors (Lipinski definition) is 0. The summed E-state index contributed by atoms with van der Waals surface area (Å²) in [6.45, 7) is 10.7. The van der Waals surface area contributed by atoms with Crippen molar-refractivity contribution < 1.29 is 18.8 Å². The molecule has 4 rings (SSSR count). The van der Waals surface area contributed by atoms with Gasteiger partial charge in [-0.25, -0.2) is 0 Å². The molecule has 0 unspecified atom stereocenters. The van der Waals surface area contributed by atoms with Crippen LogP contribution in [-0.2, 0) is 14.0 Å². The minimum absolute atomic E-state index is 0.114. The van der Waals surface area contributed by atoms with Crippen molar-refractivity contribution in [1.82, 2.24) is 4.90 Å². The van der Waals surface area contributed by atoms with Gasteiger partial charge in [-0.05, 0) is 45.3 Å². The monoisotopic (exact) mass is 356 g/mol. The highest BCUT2D eigenvalue weighted by Gasteiger charge is 2.52. The number of benzene rings is 1. The van der Waals surface area contributed by atoms with Gasteiger partial charge in [0.1, 0.15) is 11.9 Å². The maximum absolute atomic E-state index is 9.32. The minimum atomic E-state index is -0.430. The van der Waals surface area contributed by atoms with E-state index in [4.69, 9.17) is 18.8 Å². The van der Waals surface area contributed by atoms with E-state index in [0.29, 0.717) is 13.2 Å². The van der Waals surface area contributed by atoms with Crippen LogP contribution < -0.4 is 10.2 Å². The van der Waals surface area contributed by atoms with Crippen molar-refractivity contribution in [2.24, 2.45) is 0 Å². The molecule has 7 heteroatoms. The second kappa shape index (κ2) is 5.96. The summed E-state index contributed by atoms with van der Waals surface area (Å²) in [5.74, 6) is 0.825. The first-order chi connectivity index (χ1) is 12.2. The summed E-state index contributed by atoms with van der Waals surface area (Å²) in [7, 11) is -0.359. The van der Waals surface area contributed by atoms with E-state index in [-0.39, 0.29) is 24.4 Å². The van der Waals surface area contributed by atoms with Crippen LogP contribution in [-0.4, -0.2) is 61.2 Å². The fourth-order valence-electron chi connectivity index (χ4n) is 3.35. The standard InChI is InChI=1S/C19H25BN2O4/c1-17(2)18(3,4)26-20(25-17)14-5-7-15(8-6-14)24-16-9-22(10-16)19(11-21)12-23-13-19/h5-8,16H,9-10,12-13H2,1-4H3. The molecule has 6 nitrogen and oxygen atoms in total. The lowest BCUT2D eigenvalue weighted by molar-refractivity contribution is -0.153. The van der Waals surface area contributed by atoms with Crippen LogP contribution >= 0.6 is 0 Å². The molecule has 1 aromatic rings. The molecule has 0 bridgehead atoms. The smallest absolute Gasteiger partial charge is 0.488 e. The van der Waals surface area contributed by atoms with Crippen molar-refractivity contribution >= 4 is 12.6 Å². The summed E-state index contributed by atoms with van der Waals surface area (Å²) in [6, 6.07) is 10.3. The van der Waals surface area contributed by atoms with Crippen LogP contribution in [0.15, 0.2) is 24.3 Å². The second-order valence-corrected chi connectivity index (χ2v) is 8.44. The highest BCUT2D eigenvalue weighted by molar-refractivity contribution is 6.62. The molecule has 3 heterocycles. The number of ether oxygens (including phenoxy) is 2. The molecule has 3 aliphatic heterocycles. The average molecular weight is 356 g/mol. The molecule has 0 amide bonds. The predicted molar refractivity (Wildman–Crippen MR) is 97.3 cm³/mol. The van der Waals surface area contributed by atoms with E-state index in [0.717, 1.165) is 24.3 Å². The highest BCUT2D eigenvalue weighted by Crippen LogP contribution is 2.36. The Bertz CT molecular complexity index is 702. The Morgan fingerprint density at radius 1 is 1.08 bits per heavy atom. The third-order valence-corrected chi connectivity index (χ3v) is 6.05. The van der Waals surface area contributed by atoms with Gasteiger partial charge in [0, 0.05) is 13.1 Å². The number of rotatable bonds is 4. The Labute approximate surface area is 155 Å². The van der Waals surface area contributed by atoms with Crippen LogP contribution in [0.2, 0.25) is 0 Å². The van der Waals surface area contributed by atoms with Crippen LogP contribution in [0.3, 0.4) is 0 Å². The maximum atomic E-state index is 9.32. The molecular weight excluding hydrogens is 331 g/mol. The molecule has 3 aliphatic rings. The van der Waals surface area contributed by atoms with Gasteiger partial charge in [0.25, 0.3) is 0 Å². The Morgan fingerprint density at radius 2 is 1.65 bits per heavy atom. The van der Waals surface area contributed by atoms with Gasteiger partial charge in [0.2, 0.25) is 0 Å². The summed E-state index contributed by atoms with van der Waals surface area (Å²) in [4.78, 5) is 2.14. The molecule has 3 fully saturated rings. The molecule has 0 aliphatic carbocycles. The van der Waals surface area contributed by atoms with Crippen LogP contribution in [0.25, 0.3) is 0 Å². The van der Waals surface area contributed by atoms with E-state index < -0.39 is 5.54 Å². The zero-order valence-electron chi connectivity index (χ0n) is 15.8. The third kappa shape index (κ3) is 2.82. The van der Waals surface area contributed by atoms with E-state index in [2.05, 4.69) is 11.0 Å². The summed E-state index contributed by atoms with van der Waals surface area (Å²) < 4.78 is 23.4. The third-order valence-electron chi connectivity index (χ3n) is 6.05. The van der Waals surface area contributed by atoms with Gasteiger partial charge in [0.05, 0.1) is 30.5 Å². The Hall–Kier alpha value is -1.59. The van der Waals surface area contributed by atoms with Gasteiger partial charge >= 0.3 is 7.12 Å². The molecule has 0 spiro atoms. The summed E-state index contributed by atoms with van der Waals surface area (Å²) in [6.07, 6.45) is 0.114. The van der Waals surface area contributed by atoms with Gasteiger partial charge in [-0.15, -0.1) is 0 Å². The SMILES string of the molecule is CC1(C)OB(c2ccc(OC3CN(C4(C#N)COC4)C3)cc2)OC1(C)C. The van der Waals surface area contributed by atoms with Gasteiger partial charge in [0.15, 0.2) is 5.54 Å². The molecular formula is C19H25BN2O4. The van der Waals surface area contributed by atoms with Crippen LogP contribution in [0, 0.1) is 11.3 Å². The second-order valence-electron chi connectivity index (χ2n) is 8.44. The van der Waals surface area contributed by atoms with Crippen molar-refractivity contribution in [2.75, 3.05) is 26.3 Å². The largest absolute Gasteiger partial charge is 0.494 e. The Kier molecular flexibility index (Phi) is 4.09. The van der Waals surface area contributed by atoms with Crippen LogP contribution in [0.4, 0.5) is 0 Å². The first kappa shape index (κ1) is 17.8. The van der Waals surface area contributed by atoms with Crippen LogP contribution in [0.5, 0.6) is 5.75 Å². The fraction of sp³-hybridized carbons (Fsp3) is 0.632. The molecule has 0 radical (unpaired) electrons. The van der Waals surface area contributed by atoms with Crippen molar-refractivity contribution in [3.05, 3.63) is 24.3 Å². The van der Waals surface area contributed by atoms with E-state index in [1.54, 1.807) is 0 Å². The zero-order valence-corrected chi connectivity index (χ0v) is 15.8. The van der Waals surface area contributed by atoms with Crippen molar-refractivity contribution in [3.63, 3.8) is 0 Å². The maximum Gasteiger partial charge on any atom is 0.494 e. The van der Waals surface area contributed by atoms with Crippen LogP contribution in [0.1, 0.15) is 27.7 Å². The van der Waals surface area contributed by atoms with Gasteiger partial charge < -0.3 is 18.8 Å². The van der Waals surface area contributed by atoms with E-state index in [1.165, 1.54) is 0 Å². The van der Waals surface area contributed by atoms with Gasteiger partial charge in [-0.3, -0.25) is 4.90 Å². The van der Waals surface area contributed by atoms with E-state index in [9.17, 15) is 5.26 Å². The first-order valence-electron chi connectivity index (χ1n) is 9.11. The lowest BCUT2D eigenvalue weighted by Gasteiger charge is -2.51. The predicted octanol–water partition coefficient (Wildman–Crippen LogP) is 1.34. The number of nitrogens with zero attached hydrogens (tertiary/aromatic N) is 2. The van der Waals surface area contributed by atoms with Gasteiger partial charge in [-0.2, -0.15) is 5.26 Å². The minimum Gasteiger partial charge on any atom is -0.488 e. The Balaban J connectivity index is 1.33. The van der Waals surface area contributed by atoms with Gasteiger partial charge in [-0.1, -0.05) is 12.1 Å². The summed E-state index contributed by atoms with van der Waals surface area (Å²) in [5, 5.41) is 9.32. The lowest BCUT2D eigenvalue weighted by Crippen LogP contribution is -2.70. The summed E-state index contributed by atoms with van der Waals surface area (Å²) >= 11 is 0. The topological polar surface area (TPSA) is 64.0 Å².